The molecule has 0 aliphatic carbocycles. The standard InChI is InChI=1S/C13H11ClFN3O2/c1-20-13(19)11-5-3-9(16)12(18-11)17-10-4-2-7(14)6-8(10)15/h2-6H,16H2,1H3,(H,17,18). The van der Waals surface area contributed by atoms with Crippen molar-refractivity contribution in [3.63, 3.8) is 0 Å². The van der Waals surface area contributed by atoms with E-state index in [-0.39, 0.29) is 27.9 Å². The molecule has 2 rings (SSSR count). The molecule has 0 spiro atoms. The highest BCUT2D eigenvalue weighted by Gasteiger charge is 2.12. The molecule has 2 aromatic rings. The second-order valence-corrected chi connectivity index (χ2v) is 4.31. The average Bonchev–Trinajstić information content (AvgIpc) is 2.43. The van der Waals surface area contributed by atoms with Gasteiger partial charge in [0.15, 0.2) is 11.5 Å². The number of rotatable bonds is 3. The molecule has 5 nitrogen and oxygen atoms in total. The second-order valence-electron chi connectivity index (χ2n) is 3.88. The maximum atomic E-state index is 13.7. The molecule has 1 aromatic heterocycles. The Bertz CT molecular complexity index is 664. The summed E-state index contributed by atoms with van der Waals surface area (Å²) in [5.41, 5.74) is 6.22. The number of ether oxygens (including phenoxy) is 1. The lowest BCUT2D eigenvalue weighted by Crippen LogP contribution is -2.08. The van der Waals surface area contributed by atoms with Crippen LogP contribution in [0, 0.1) is 5.82 Å². The first-order chi connectivity index (χ1) is 9.51. The number of methoxy groups -OCH3 is 1. The van der Waals surface area contributed by atoms with Crippen molar-refractivity contribution in [1.82, 2.24) is 4.98 Å². The van der Waals surface area contributed by atoms with Gasteiger partial charge in [-0.2, -0.15) is 0 Å². The van der Waals surface area contributed by atoms with Crippen LogP contribution < -0.4 is 11.1 Å². The van der Waals surface area contributed by atoms with Gasteiger partial charge in [0.2, 0.25) is 0 Å². The number of nitrogens with two attached hydrogens (primary N) is 1. The zero-order valence-corrected chi connectivity index (χ0v) is 11.2. The Morgan fingerprint density at radius 1 is 1.40 bits per heavy atom. The van der Waals surface area contributed by atoms with E-state index in [2.05, 4.69) is 15.0 Å². The summed E-state index contributed by atoms with van der Waals surface area (Å²) in [4.78, 5) is 15.4. The summed E-state index contributed by atoms with van der Waals surface area (Å²) in [5, 5.41) is 2.98. The zero-order chi connectivity index (χ0) is 14.7. The third-order valence-electron chi connectivity index (χ3n) is 2.51. The Morgan fingerprint density at radius 3 is 2.80 bits per heavy atom. The van der Waals surface area contributed by atoms with Crippen molar-refractivity contribution in [2.45, 2.75) is 0 Å². The van der Waals surface area contributed by atoms with E-state index in [1.165, 1.54) is 31.4 Å². The number of esters is 1. The van der Waals surface area contributed by atoms with Crippen LogP contribution in [0.3, 0.4) is 0 Å². The maximum Gasteiger partial charge on any atom is 0.356 e. The van der Waals surface area contributed by atoms with Gasteiger partial charge in [-0.15, -0.1) is 0 Å². The molecule has 1 aromatic carbocycles. The van der Waals surface area contributed by atoms with Crippen molar-refractivity contribution in [2.24, 2.45) is 0 Å². The molecule has 0 saturated heterocycles. The maximum absolute atomic E-state index is 13.7. The quantitative estimate of drug-likeness (QED) is 0.851. The normalized spacial score (nSPS) is 10.2. The highest BCUT2D eigenvalue weighted by Crippen LogP contribution is 2.25. The fraction of sp³-hybridized carbons (Fsp3) is 0.0769. The van der Waals surface area contributed by atoms with Gasteiger partial charge in [0, 0.05) is 5.02 Å². The number of hydrogen-bond acceptors (Lipinski definition) is 5. The molecule has 0 amide bonds. The average molecular weight is 296 g/mol. The Hall–Kier alpha value is -2.34. The number of carbonyl (C=O) groups excluding carboxylic acids is 1. The van der Waals surface area contributed by atoms with Gasteiger partial charge in [0.25, 0.3) is 0 Å². The van der Waals surface area contributed by atoms with E-state index in [9.17, 15) is 9.18 Å². The molecule has 0 aliphatic heterocycles. The number of anilines is 3. The zero-order valence-electron chi connectivity index (χ0n) is 10.5. The Morgan fingerprint density at radius 2 is 2.15 bits per heavy atom. The number of halogens is 2. The van der Waals surface area contributed by atoms with Crippen LogP contribution in [0.2, 0.25) is 5.02 Å². The fourth-order valence-corrected chi connectivity index (χ4v) is 1.67. The summed E-state index contributed by atoms with van der Waals surface area (Å²) >= 11 is 5.67. The Balaban J connectivity index is 2.35. The lowest BCUT2D eigenvalue weighted by Gasteiger charge is -2.10. The van der Waals surface area contributed by atoms with E-state index in [1.54, 1.807) is 0 Å². The fourth-order valence-electron chi connectivity index (χ4n) is 1.51. The van der Waals surface area contributed by atoms with Crippen LogP contribution in [0.5, 0.6) is 0 Å². The number of nitrogen functional groups attached to an aromatic ring is 1. The lowest BCUT2D eigenvalue weighted by molar-refractivity contribution is 0.0594. The molecule has 0 fully saturated rings. The number of carbonyl (C=O) groups is 1. The first-order valence-corrected chi connectivity index (χ1v) is 5.96. The van der Waals surface area contributed by atoms with E-state index in [0.29, 0.717) is 0 Å². The third kappa shape index (κ3) is 2.97. The summed E-state index contributed by atoms with van der Waals surface area (Å²) in [5.74, 6) is -0.999. The van der Waals surface area contributed by atoms with Gasteiger partial charge >= 0.3 is 5.97 Å². The molecule has 7 heteroatoms. The molecule has 0 radical (unpaired) electrons. The van der Waals surface area contributed by atoms with E-state index >= 15 is 0 Å². The minimum absolute atomic E-state index is 0.0681. The summed E-state index contributed by atoms with van der Waals surface area (Å²) in [6, 6.07) is 7.03. The third-order valence-corrected chi connectivity index (χ3v) is 2.74. The van der Waals surface area contributed by atoms with Gasteiger partial charge in [-0.25, -0.2) is 14.2 Å². The van der Waals surface area contributed by atoms with Gasteiger partial charge in [-0.3, -0.25) is 0 Å². The van der Waals surface area contributed by atoms with Crippen molar-refractivity contribution >= 4 is 34.8 Å². The summed E-state index contributed by atoms with van der Waals surface area (Å²) < 4.78 is 18.2. The van der Waals surface area contributed by atoms with Gasteiger partial charge in [-0.05, 0) is 30.3 Å². The van der Waals surface area contributed by atoms with Crippen LogP contribution in [0.25, 0.3) is 0 Å². The van der Waals surface area contributed by atoms with E-state index in [1.807, 2.05) is 0 Å². The molecule has 0 bridgehead atoms. The van der Waals surface area contributed by atoms with Crippen LogP contribution in [-0.2, 0) is 4.74 Å². The Kier molecular flexibility index (Phi) is 4.05. The van der Waals surface area contributed by atoms with Gasteiger partial charge < -0.3 is 15.8 Å². The van der Waals surface area contributed by atoms with Gasteiger partial charge in [0.05, 0.1) is 18.5 Å². The van der Waals surface area contributed by atoms with Crippen LogP contribution in [-0.4, -0.2) is 18.1 Å². The van der Waals surface area contributed by atoms with Crippen LogP contribution in [0.15, 0.2) is 30.3 Å². The highest BCUT2D eigenvalue weighted by molar-refractivity contribution is 6.30. The topological polar surface area (TPSA) is 77.2 Å². The first-order valence-electron chi connectivity index (χ1n) is 5.58. The molecular formula is C13H11ClFN3O2. The van der Waals surface area contributed by atoms with Crippen molar-refractivity contribution in [3.8, 4) is 0 Å². The van der Waals surface area contributed by atoms with Crippen LogP contribution in [0.4, 0.5) is 21.6 Å². The summed E-state index contributed by atoms with van der Waals surface area (Å²) in [7, 11) is 1.24. The number of benzene rings is 1. The van der Waals surface area contributed by atoms with Crippen molar-refractivity contribution < 1.29 is 13.9 Å². The minimum Gasteiger partial charge on any atom is -0.464 e. The van der Waals surface area contributed by atoms with E-state index in [4.69, 9.17) is 17.3 Å². The summed E-state index contributed by atoms with van der Waals surface area (Å²) in [6.07, 6.45) is 0. The number of hydrogen-bond donors (Lipinski definition) is 2. The van der Waals surface area contributed by atoms with Gasteiger partial charge in [0.1, 0.15) is 5.82 Å². The Labute approximate surface area is 119 Å². The largest absolute Gasteiger partial charge is 0.464 e. The summed E-state index contributed by atoms with van der Waals surface area (Å²) in [6.45, 7) is 0. The molecule has 20 heavy (non-hydrogen) atoms. The van der Waals surface area contributed by atoms with Gasteiger partial charge in [-0.1, -0.05) is 11.6 Å². The molecule has 0 unspecified atom stereocenters. The highest BCUT2D eigenvalue weighted by atomic mass is 35.5. The van der Waals surface area contributed by atoms with Crippen LogP contribution >= 0.6 is 11.6 Å². The monoisotopic (exact) mass is 295 g/mol. The molecular weight excluding hydrogens is 285 g/mol. The SMILES string of the molecule is COC(=O)c1ccc(N)c(Nc2ccc(Cl)cc2F)n1. The van der Waals surface area contributed by atoms with Crippen molar-refractivity contribution in [2.75, 3.05) is 18.2 Å². The van der Waals surface area contributed by atoms with Crippen molar-refractivity contribution in [3.05, 3.63) is 46.9 Å². The number of aromatic nitrogens is 1. The van der Waals surface area contributed by atoms with E-state index < -0.39 is 11.8 Å². The number of nitrogens with one attached hydrogen (secondary N) is 1. The van der Waals surface area contributed by atoms with Crippen LogP contribution in [0.1, 0.15) is 10.5 Å². The number of nitrogens with zero attached hydrogens (tertiary/aromatic N) is 1. The number of pyridine rings is 1. The smallest absolute Gasteiger partial charge is 0.356 e. The molecule has 0 atom stereocenters. The lowest BCUT2D eigenvalue weighted by atomic mass is 10.2. The first kappa shape index (κ1) is 14.1. The predicted molar refractivity (Wildman–Crippen MR) is 74.7 cm³/mol. The molecule has 104 valence electrons. The molecule has 1 heterocycles. The predicted octanol–water partition coefficient (Wildman–Crippen LogP) is 2.99. The van der Waals surface area contributed by atoms with E-state index in [0.717, 1.165) is 6.07 Å². The van der Waals surface area contributed by atoms with Crippen molar-refractivity contribution in [1.29, 1.82) is 0 Å². The molecule has 0 aliphatic rings. The molecule has 0 saturated carbocycles. The molecule has 3 N–H and O–H groups in total. The minimum atomic E-state index is -0.607. The second kappa shape index (κ2) is 5.75.